The van der Waals surface area contributed by atoms with E-state index in [9.17, 15) is 0 Å². The minimum atomic E-state index is -0.313. The zero-order chi connectivity index (χ0) is 11.0. The second kappa shape index (κ2) is 8.45. The third-order valence-electron chi connectivity index (χ3n) is 2.38. The van der Waals surface area contributed by atoms with Crippen LogP contribution in [0.5, 0.6) is 0 Å². The Morgan fingerprint density at radius 1 is 1.21 bits per heavy atom. The van der Waals surface area contributed by atoms with E-state index in [2.05, 4.69) is 27.7 Å². The van der Waals surface area contributed by atoms with Crippen molar-refractivity contribution >= 4 is 9.76 Å². The first-order valence-corrected chi connectivity index (χ1v) is 7.47. The zero-order valence-corrected chi connectivity index (χ0v) is 11.7. The topological polar surface area (TPSA) is 35.2 Å². The first-order valence-electron chi connectivity index (χ1n) is 5.89. The Bertz CT molecular complexity index is 128. The van der Waals surface area contributed by atoms with Crippen molar-refractivity contribution in [1.29, 1.82) is 0 Å². The Labute approximate surface area is 91.5 Å². The molecule has 0 fully saturated rings. The van der Waals surface area contributed by atoms with E-state index in [0.717, 1.165) is 18.9 Å². The van der Waals surface area contributed by atoms with Crippen LogP contribution in [-0.2, 0) is 4.43 Å². The Morgan fingerprint density at radius 2 is 1.86 bits per heavy atom. The molecule has 14 heavy (non-hydrogen) atoms. The SMILES string of the molecule is CC(C)CC(O[SiH2]CCCN)C(C)C. The average molecular weight is 217 g/mol. The highest BCUT2D eigenvalue weighted by Gasteiger charge is 2.14. The molecule has 0 aliphatic heterocycles. The van der Waals surface area contributed by atoms with E-state index in [1.165, 1.54) is 12.5 Å². The predicted octanol–water partition coefficient (Wildman–Crippen LogP) is 1.92. The molecule has 0 aliphatic rings. The Kier molecular flexibility index (Phi) is 8.53. The molecule has 0 aromatic rings. The van der Waals surface area contributed by atoms with Crippen LogP contribution in [0.25, 0.3) is 0 Å². The molecule has 0 saturated carbocycles. The average Bonchev–Trinajstić information content (AvgIpc) is 2.09. The van der Waals surface area contributed by atoms with Crippen LogP contribution in [0.4, 0.5) is 0 Å². The first kappa shape index (κ1) is 14.1. The molecule has 0 amide bonds. The van der Waals surface area contributed by atoms with Gasteiger partial charge in [-0.05, 0) is 37.3 Å². The van der Waals surface area contributed by atoms with E-state index in [4.69, 9.17) is 10.2 Å². The molecule has 0 spiro atoms. The van der Waals surface area contributed by atoms with Gasteiger partial charge in [-0.1, -0.05) is 27.7 Å². The van der Waals surface area contributed by atoms with Gasteiger partial charge in [-0.2, -0.15) is 0 Å². The summed E-state index contributed by atoms with van der Waals surface area (Å²) >= 11 is 0. The molecule has 2 N–H and O–H groups in total. The Hall–Kier alpha value is 0.137. The van der Waals surface area contributed by atoms with E-state index in [0.29, 0.717) is 12.0 Å². The molecule has 0 rings (SSSR count). The molecule has 0 radical (unpaired) electrons. The molecule has 0 saturated heterocycles. The van der Waals surface area contributed by atoms with Crippen molar-refractivity contribution < 1.29 is 4.43 Å². The van der Waals surface area contributed by atoms with E-state index in [1.807, 2.05) is 0 Å². The minimum absolute atomic E-state index is 0.313. The Morgan fingerprint density at radius 3 is 2.29 bits per heavy atom. The van der Waals surface area contributed by atoms with Gasteiger partial charge in [0, 0.05) is 6.10 Å². The van der Waals surface area contributed by atoms with Gasteiger partial charge in [-0.25, -0.2) is 0 Å². The van der Waals surface area contributed by atoms with Crippen LogP contribution in [0.1, 0.15) is 40.5 Å². The maximum Gasteiger partial charge on any atom is 0.162 e. The van der Waals surface area contributed by atoms with Crippen molar-refractivity contribution in [3.8, 4) is 0 Å². The molecule has 3 heteroatoms. The lowest BCUT2D eigenvalue weighted by Crippen LogP contribution is -2.24. The number of hydrogen-bond donors (Lipinski definition) is 1. The van der Waals surface area contributed by atoms with E-state index >= 15 is 0 Å². The minimum Gasteiger partial charge on any atom is -0.421 e. The van der Waals surface area contributed by atoms with Gasteiger partial charge in [0.1, 0.15) is 0 Å². The molecule has 0 aromatic heterocycles. The van der Waals surface area contributed by atoms with Crippen molar-refractivity contribution in [2.24, 2.45) is 17.6 Å². The second-order valence-corrected chi connectivity index (χ2v) is 6.23. The molecule has 0 heterocycles. The summed E-state index contributed by atoms with van der Waals surface area (Å²) in [6, 6.07) is 1.23. The van der Waals surface area contributed by atoms with Gasteiger partial charge in [-0.3, -0.25) is 0 Å². The fraction of sp³-hybridized carbons (Fsp3) is 1.00. The monoisotopic (exact) mass is 217 g/mol. The van der Waals surface area contributed by atoms with E-state index in [-0.39, 0.29) is 9.76 Å². The van der Waals surface area contributed by atoms with Gasteiger partial charge in [0.05, 0.1) is 0 Å². The third-order valence-corrected chi connectivity index (χ3v) is 3.83. The van der Waals surface area contributed by atoms with Gasteiger partial charge >= 0.3 is 0 Å². The summed E-state index contributed by atoms with van der Waals surface area (Å²) in [5.74, 6) is 1.40. The fourth-order valence-corrected chi connectivity index (χ4v) is 2.96. The maximum atomic E-state index is 6.00. The van der Waals surface area contributed by atoms with Gasteiger partial charge in [0.15, 0.2) is 9.76 Å². The molecule has 0 bridgehead atoms. The van der Waals surface area contributed by atoms with Gasteiger partial charge in [0.2, 0.25) is 0 Å². The van der Waals surface area contributed by atoms with Crippen LogP contribution in [-0.4, -0.2) is 22.4 Å². The highest BCUT2D eigenvalue weighted by atomic mass is 28.2. The first-order chi connectivity index (χ1) is 6.57. The molecule has 1 atom stereocenters. The standard InChI is InChI=1S/C11H27NOSi/c1-9(2)8-11(10(3)4)13-14-7-5-6-12/h9-11H,5-8,12,14H2,1-4H3. The van der Waals surface area contributed by atoms with Gasteiger partial charge in [-0.15, -0.1) is 0 Å². The van der Waals surface area contributed by atoms with Crippen LogP contribution in [0.15, 0.2) is 0 Å². The van der Waals surface area contributed by atoms with E-state index < -0.39 is 0 Å². The van der Waals surface area contributed by atoms with Crippen LogP contribution in [0.3, 0.4) is 0 Å². The van der Waals surface area contributed by atoms with Crippen molar-refractivity contribution in [2.45, 2.75) is 52.7 Å². The number of rotatable bonds is 8. The summed E-state index contributed by atoms with van der Waals surface area (Å²) in [4.78, 5) is 0. The summed E-state index contributed by atoms with van der Waals surface area (Å²) in [6.07, 6.45) is 2.82. The normalized spacial score (nSPS) is 14.8. The van der Waals surface area contributed by atoms with Crippen molar-refractivity contribution in [3.05, 3.63) is 0 Å². The third kappa shape index (κ3) is 7.53. The highest BCUT2D eigenvalue weighted by Crippen LogP contribution is 2.16. The van der Waals surface area contributed by atoms with Gasteiger partial charge in [0.25, 0.3) is 0 Å². The number of hydrogen-bond acceptors (Lipinski definition) is 2. The molecular weight excluding hydrogens is 190 g/mol. The molecular formula is C11H27NOSi. The molecule has 0 aliphatic carbocycles. The molecule has 2 nitrogen and oxygen atoms in total. The fourth-order valence-electron chi connectivity index (χ4n) is 1.48. The van der Waals surface area contributed by atoms with Crippen molar-refractivity contribution in [2.75, 3.05) is 6.54 Å². The zero-order valence-electron chi connectivity index (χ0n) is 10.3. The van der Waals surface area contributed by atoms with Crippen LogP contribution < -0.4 is 5.73 Å². The summed E-state index contributed by atoms with van der Waals surface area (Å²) in [6.45, 7) is 9.85. The van der Waals surface area contributed by atoms with Crippen LogP contribution >= 0.6 is 0 Å². The lowest BCUT2D eigenvalue weighted by atomic mass is 9.98. The lowest BCUT2D eigenvalue weighted by molar-refractivity contribution is 0.133. The largest absolute Gasteiger partial charge is 0.421 e. The summed E-state index contributed by atoms with van der Waals surface area (Å²) < 4.78 is 6.00. The predicted molar refractivity (Wildman–Crippen MR) is 66.2 cm³/mol. The highest BCUT2D eigenvalue weighted by molar-refractivity contribution is 6.27. The summed E-state index contributed by atoms with van der Waals surface area (Å²) in [5.41, 5.74) is 5.45. The summed E-state index contributed by atoms with van der Waals surface area (Å²) in [7, 11) is -0.313. The van der Waals surface area contributed by atoms with E-state index in [1.54, 1.807) is 0 Å². The molecule has 1 unspecified atom stereocenters. The van der Waals surface area contributed by atoms with Crippen LogP contribution in [0, 0.1) is 11.8 Å². The van der Waals surface area contributed by atoms with Crippen molar-refractivity contribution in [1.82, 2.24) is 0 Å². The van der Waals surface area contributed by atoms with Gasteiger partial charge < -0.3 is 10.2 Å². The summed E-state index contributed by atoms with van der Waals surface area (Å²) in [5, 5.41) is 0. The second-order valence-electron chi connectivity index (χ2n) is 4.78. The lowest BCUT2D eigenvalue weighted by Gasteiger charge is -2.23. The smallest absolute Gasteiger partial charge is 0.162 e. The Balaban J connectivity index is 3.63. The quantitative estimate of drug-likeness (QED) is 0.498. The van der Waals surface area contributed by atoms with Crippen molar-refractivity contribution in [3.63, 3.8) is 0 Å². The molecule has 86 valence electrons. The molecule has 0 aromatic carbocycles. The maximum absolute atomic E-state index is 6.00. The van der Waals surface area contributed by atoms with Crippen LogP contribution in [0.2, 0.25) is 6.04 Å². The number of nitrogens with two attached hydrogens (primary N) is 1.